The molecule has 1 aliphatic rings. The third-order valence-electron chi connectivity index (χ3n) is 4.56. The Bertz CT molecular complexity index is 893. The van der Waals surface area contributed by atoms with Gasteiger partial charge in [-0.05, 0) is 11.6 Å². The van der Waals surface area contributed by atoms with E-state index in [0.29, 0.717) is 16.5 Å². The summed E-state index contributed by atoms with van der Waals surface area (Å²) >= 11 is 13.0. The molecule has 6 heteroatoms. The summed E-state index contributed by atoms with van der Waals surface area (Å²) in [6.45, 7) is 3.65. The van der Waals surface area contributed by atoms with Crippen molar-refractivity contribution in [1.29, 1.82) is 0 Å². The van der Waals surface area contributed by atoms with Crippen molar-refractivity contribution in [2.75, 3.05) is 31.1 Å². The quantitative estimate of drug-likeness (QED) is 0.755. The van der Waals surface area contributed by atoms with Crippen molar-refractivity contribution in [2.24, 2.45) is 0 Å². The minimum Gasteiger partial charge on any atom is -0.367 e. The van der Waals surface area contributed by atoms with Crippen LogP contribution in [0.15, 0.2) is 42.6 Å². The van der Waals surface area contributed by atoms with E-state index in [1.165, 1.54) is 5.56 Å². The van der Waals surface area contributed by atoms with Crippen molar-refractivity contribution >= 4 is 39.7 Å². The van der Waals surface area contributed by atoms with Crippen LogP contribution in [0.5, 0.6) is 0 Å². The summed E-state index contributed by atoms with van der Waals surface area (Å²) in [7, 11) is 0. The molecule has 0 aliphatic carbocycles. The summed E-state index contributed by atoms with van der Waals surface area (Å²) in [5, 5.41) is 15.2. The molecule has 1 aliphatic heterocycles. The molecule has 1 saturated heterocycles. The first kappa shape index (κ1) is 16.6. The summed E-state index contributed by atoms with van der Waals surface area (Å²) in [6.07, 6.45) is 2.51. The van der Waals surface area contributed by atoms with Gasteiger partial charge >= 0.3 is 0 Å². The number of hydrogen-bond donors (Lipinski definition) is 1. The van der Waals surface area contributed by atoms with Gasteiger partial charge in [0.2, 0.25) is 0 Å². The van der Waals surface area contributed by atoms with E-state index in [-0.39, 0.29) is 0 Å². The van der Waals surface area contributed by atoms with Gasteiger partial charge in [0, 0.05) is 43.4 Å². The topological polar surface area (TPSA) is 41.1 Å². The maximum absolute atomic E-state index is 6.58. The fraction of sp³-hybridized carbons (Fsp3) is 0.263. The molecule has 0 radical (unpaired) electrons. The van der Waals surface area contributed by atoms with E-state index in [1.54, 1.807) is 6.20 Å². The Balaban J connectivity index is 1.85. The first-order chi connectivity index (χ1) is 12.2. The summed E-state index contributed by atoms with van der Waals surface area (Å²) in [6, 6.07) is 12.2. The zero-order valence-electron chi connectivity index (χ0n) is 13.7. The first-order valence-corrected chi connectivity index (χ1v) is 9.11. The molecule has 4 nitrogen and oxygen atoms in total. The third-order valence-corrected chi connectivity index (χ3v) is 5.34. The van der Waals surface area contributed by atoms with Crippen LogP contribution < -0.4 is 10.2 Å². The molecule has 0 atom stereocenters. The Morgan fingerprint density at radius 3 is 2.56 bits per heavy atom. The van der Waals surface area contributed by atoms with Gasteiger partial charge in [0.25, 0.3) is 0 Å². The average Bonchev–Trinajstić information content (AvgIpc) is 2.65. The van der Waals surface area contributed by atoms with E-state index in [1.807, 2.05) is 24.3 Å². The zero-order valence-corrected chi connectivity index (χ0v) is 15.2. The Labute approximate surface area is 156 Å². The van der Waals surface area contributed by atoms with Crippen LogP contribution in [-0.2, 0) is 6.42 Å². The smallest absolute Gasteiger partial charge is 0.0832 e. The maximum Gasteiger partial charge on any atom is 0.0832 e. The molecule has 3 aromatic rings. The van der Waals surface area contributed by atoms with E-state index >= 15 is 0 Å². The van der Waals surface area contributed by atoms with E-state index < -0.39 is 0 Å². The lowest BCUT2D eigenvalue weighted by atomic mass is 10.0. The van der Waals surface area contributed by atoms with E-state index in [0.717, 1.165) is 48.3 Å². The molecular formula is C19H18Cl2N4. The number of aromatic nitrogens is 2. The van der Waals surface area contributed by atoms with Crippen molar-refractivity contribution in [1.82, 2.24) is 15.5 Å². The number of halogens is 2. The molecule has 1 fully saturated rings. The second-order valence-electron chi connectivity index (χ2n) is 6.17. The van der Waals surface area contributed by atoms with Gasteiger partial charge in [0.1, 0.15) is 0 Å². The summed E-state index contributed by atoms with van der Waals surface area (Å²) < 4.78 is 0. The first-order valence-electron chi connectivity index (χ1n) is 8.36. The van der Waals surface area contributed by atoms with Gasteiger partial charge in [-0.25, -0.2) is 0 Å². The Morgan fingerprint density at radius 2 is 1.80 bits per heavy atom. The molecule has 0 bridgehead atoms. The van der Waals surface area contributed by atoms with Crippen molar-refractivity contribution in [3.63, 3.8) is 0 Å². The Hall–Kier alpha value is -1.88. The lowest BCUT2D eigenvalue weighted by molar-refractivity contribution is 0.590. The molecule has 2 heterocycles. The fourth-order valence-electron chi connectivity index (χ4n) is 3.32. The highest BCUT2D eigenvalue weighted by Crippen LogP contribution is 2.40. The van der Waals surface area contributed by atoms with Crippen LogP contribution in [0.2, 0.25) is 10.0 Å². The van der Waals surface area contributed by atoms with Crippen LogP contribution in [0.25, 0.3) is 10.8 Å². The minimum absolute atomic E-state index is 0.560. The fourth-order valence-corrected chi connectivity index (χ4v) is 3.80. The van der Waals surface area contributed by atoms with Gasteiger partial charge in [0.05, 0.1) is 27.6 Å². The standard InChI is InChI=1S/C19H18Cl2N4/c20-16-11-14-15(19(18(16)21)25-8-6-22-7-9-25)12-23-24-17(14)10-13-4-2-1-3-5-13/h1-5,11-12,22H,6-10H2. The zero-order chi connectivity index (χ0) is 17.2. The van der Waals surface area contributed by atoms with Gasteiger partial charge in [0.15, 0.2) is 0 Å². The van der Waals surface area contributed by atoms with Crippen molar-refractivity contribution in [2.45, 2.75) is 6.42 Å². The monoisotopic (exact) mass is 372 g/mol. The highest BCUT2D eigenvalue weighted by atomic mass is 35.5. The van der Waals surface area contributed by atoms with Crippen LogP contribution >= 0.6 is 23.2 Å². The second-order valence-corrected chi connectivity index (χ2v) is 6.96. The van der Waals surface area contributed by atoms with Gasteiger partial charge in [-0.15, -0.1) is 0 Å². The normalized spacial score (nSPS) is 14.9. The molecule has 0 saturated carbocycles. The highest BCUT2D eigenvalue weighted by Gasteiger charge is 2.21. The lowest BCUT2D eigenvalue weighted by Gasteiger charge is -2.31. The number of fused-ring (bicyclic) bond motifs is 1. The van der Waals surface area contributed by atoms with Gasteiger partial charge in [-0.1, -0.05) is 53.5 Å². The van der Waals surface area contributed by atoms with Crippen molar-refractivity contribution in [3.8, 4) is 0 Å². The molecule has 1 N–H and O–H groups in total. The molecule has 0 unspecified atom stereocenters. The number of benzene rings is 2. The average molecular weight is 373 g/mol. The summed E-state index contributed by atoms with van der Waals surface area (Å²) in [5.74, 6) is 0. The molecule has 4 rings (SSSR count). The molecule has 128 valence electrons. The molecule has 0 spiro atoms. The predicted octanol–water partition coefficient (Wildman–Crippen LogP) is 3.94. The SMILES string of the molecule is Clc1cc2c(Cc3ccccc3)nncc2c(N2CCNCC2)c1Cl. The van der Waals surface area contributed by atoms with Crippen LogP contribution in [0.4, 0.5) is 5.69 Å². The van der Waals surface area contributed by atoms with Gasteiger partial charge < -0.3 is 10.2 Å². The number of piperazine rings is 1. The van der Waals surface area contributed by atoms with Gasteiger partial charge in [-0.2, -0.15) is 10.2 Å². The van der Waals surface area contributed by atoms with Crippen LogP contribution in [0.1, 0.15) is 11.3 Å². The largest absolute Gasteiger partial charge is 0.367 e. The molecule has 1 aromatic heterocycles. The summed E-state index contributed by atoms with van der Waals surface area (Å²) in [5.41, 5.74) is 3.08. The molecule has 25 heavy (non-hydrogen) atoms. The number of rotatable bonds is 3. The predicted molar refractivity (Wildman–Crippen MR) is 104 cm³/mol. The van der Waals surface area contributed by atoms with E-state index in [4.69, 9.17) is 23.2 Å². The van der Waals surface area contributed by atoms with Crippen molar-refractivity contribution in [3.05, 3.63) is 63.9 Å². The Morgan fingerprint density at radius 1 is 1.04 bits per heavy atom. The lowest BCUT2D eigenvalue weighted by Crippen LogP contribution is -2.43. The van der Waals surface area contributed by atoms with Crippen LogP contribution in [0.3, 0.4) is 0 Å². The molecule has 2 aromatic carbocycles. The van der Waals surface area contributed by atoms with Gasteiger partial charge in [-0.3, -0.25) is 0 Å². The highest BCUT2D eigenvalue weighted by molar-refractivity contribution is 6.45. The number of anilines is 1. The van der Waals surface area contributed by atoms with Crippen LogP contribution in [-0.4, -0.2) is 36.4 Å². The third kappa shape index (κ3) is 3.30. The second kappa shape index (κ2) is 7.16. The van der Waals surface area contributed by atoms with Crippen LogP contribution in [0, 0.1) is 0 Å². The minimum atomic E-state index is 0.560. The molecular weight excluding hydrogens is 355 g/mol. The molecule has 0 amide bonds. The Kier molecular flexibility index (Phi) is 4.75. The van der Waals surface area contributed by atoms with Crippen molar-refractivity contribution < 1.29 is 0 Å². The summed E-state index contributed by atoms with van der Waals surface area (Å²) in [4.78, 5) is 2.28. The number of nitrogens with one attached hydrogen (secondary N) is 1. The van der Waals surface area contributed by atoms with E-state index in [9.17, 15) is 0 Å². The van der Waals surface area contributed by atoms with E-state index in [2.05, 4.69) is 32.5 Å². The number of hydrogen-bond acceptors (Lipinski definition) is 4. The maximum atomic E-state index is 6.58. The number of nitrogens with zero attached hydrogens (tertiary/aromatic N) is 3.